The lowest BCUT2D eigenvalue weighted by atomic mass is 9.97. The van der Waals surface area contributed by atoms with Gasteiger partial charge in [0.1, 0.15) is 0 Å². The highest BCUT2D eigenvalue weighted by Crippen LogP contribution is 2.18. The van der Waals surface area contributed by atoms with E-state index in [9.17, 15) is 9.59 Å². The van der Waals surface area contributed by atoms with Crippen molar-refractivity contribution in [1.82, 2.24) is 0 Å². The zero-order valence-electron chi connectivity index (χ0n) is 23.4. The van der Waals surface area contributed by atoms with Gasteiger partial charge in [-0.1, -0.05) is 129 Å². The van der Waals surface area contributed by atoms with Crippen molar-refractivity contribution in [3.8, 4) is 0 Å². The average Bonchev–Trinajstić information content (AvgIpc) is 2.84. The molecule has 0 aliphatic heterocycles. The summed E-state index contributed by atoms with van der Waals surface area (Å²) in [4.78, 5) is 23.0. The van der Waals surface area contributed by atoms with Crippen molar-refractivity contribution in [2.45, 2.75) is 162 Å². The van der Waals surface area contributed by atoms with E-state index in [-0.39, 0.29) is 12.4 Å². The Morgan fingerprint density at radius 2 is 1.06 bits per heavy atom. The molecule has 0 bridgehead atoms. The summed E-state index contributed by atoms with van der Waals surface area (Å²) < 4.78 is 5.15. The molecule has 0 spiro atoms. The van der Waals surface area contributed by atoms with E-state index in [1.165, 1.54) is 116 Å². The predicted molar refractivity (Wildman–Crippen MR) is 149 cm³/mol. The lowest BCUT2D eigenvalue weighted by Gasteiger charge is -2.13. The van der Waals surface area contributed by atoms with E-state index in [0.29, 0.717) is 13.0 Å². The van der Waals surface area contributed by atoms with Crippen LogP contribution in [0.3, 0.4) is 0 Å². The molecule has 206 valence electrons. The quantitative estimate of drug-likeness (QED) is 0.0701. The van der Waals surface area contributed by atoms with Crippen molar-refractivity contribution in [2.24, 2.45) is 5.92 Å². The van der Waals surface area contributed by atoms with Crippen LogP contribution < -0.4 is 0 Å². The number of carboxylic acid groups (broad SMARTS) is 1. The third kappa shape index (κ3) is 25.6. The summed E-state index contributed by atoms with van der Waals surface area (Å²) in [6.45, 7) is 4.60. The summed E-state index contributed by atoms with van der Waals surface area (Å²) in [7, 11) is 0. The zero-order chi connectivity index (χ0) is 25.8. The van der Waals surface area contributed by atoms with Crippen LogP contribution in [0.25, 0.3) is 0 Å². The van der Waals surface area contributed by atoms with Gasteiger partial charge in [0.25, 0.3) is 0 Å². The lowest BCUT2D eigenvalue weighted by molar-refractivity contribution is -0.153. The largest absolute Gasteiger partial charge is 0.481 e. The fraction of sp³-hybridized carbons (Fsp3) is 0.871. The molecule has 0 aromatic carbocycles. The minimum atomic E-state index is -0.918. The molecule has 0 fully saturated rings. The highest BCUT2D eigenvalue weighted by atomic mass is 16.5. The molecule has 0 aliphatic carbocycles. The zero-order valence-corrected chi connectivity index (χ0v) is 23.4. The average molecular weight is 495 g/mol. The van der Waals surface area contributed by atoms with E-state index in [4.69, 9.17) is 9.84 Å². The van der Waals surface area contributed by atoms with Crippen LogP contribution in [-0.2, 0) is 14.3 Å². The highest BCUT2D eigenvalue weighted by molar-refractivity contribution is 5.79. The third-order valence-electron chi connectivity index (χ3n) is 6.77. The first-order valence-corrected chi connectivity index (χ1v) is 15.1. The van der Waals surface area contributed by atoms with Gasteiger partial charge in [-0.2, -0.15) is 0 Å². The van der Waals surface area contributed by atoms with E-state index in [1.54, 1.807) is 0 Å². The van der Waals surface area contributed by atoms with Gasteiger partial charge in [-0.25, -0.2) is 0 Å². The smallest absolute Gasteiger partial charge is 0.309 e. The Balaban J connectivity index is 3.41. The molecule has 1 unspecified atom stereocenters. The van der Waals surface area contributed by atoms with Crippen molar-refractivity contribution in [3.05, 3.63) is 12.2 Å². The molecule has 0 aromatic rings. The number of hydrogen-bond acceptors (Lipinski definition) is 3. The molecule has 0 radical (unpaired) electrons. The Morgan fingerprint density at radius 3 is 1.49 bits per heavy atom. The first-order chi connectivity index (χ1) is 17.1. The topological polar surface area (TPSA) is 63.6 Å². The van der Waals surface area contributed by atoms with Gasteiger partial charge >= 0.3 is 11.9 Å². The number of carboxylic acids is 1. The molecule has 0 saturated carbocycles. The Bertz CT molecular complexity index is 500. The van der Waals surface area contributed by atoms with Gasteiger partial charge in [-0.15, -0.1) is 0 Å². The molecule has 1 atom stereocenters. The van der Waals surface area contributed by atoms with Gasteiger partial charge in [0.15, 0.2) is 0 Å². The van der Waals surface area contributed by atoms with Crippen LogP contribution in [-0.4, -0.2) is 23.7 Å². The normalized spacial score (nSPS) is 12.3. The van der Waals surface area contributed by atoms with Crippen LogP contribution in [0, 0.1) is 5.92 Å². The second-order valence-corrected chi connectivity index (χ2v) is 10.3. The summed E-state index contributed by atoms with van der Waals surface area (Å²) in [6, 6.07) is 0. The van der Waals surface area contributed by atoms with Crippen molar-refractivity contribution >= 4 is 11.9 Å². The second-order valence-electron chi connectivity index (χ2n) is 10.3. The molecule has 0 heterocycles. The highest BCUT2D eigenvalue weighted by Gasteiger charge is 2.22. The number of aliphatic carboxylic acids is 1. The number of carbonyl (C=O) groups is 2. The van der Waals surface area contributed by atoms with Crippen molar-refractivity contribution < 1.29 is 19.4 Å². The minimum absolute atomic E-state index is 0.113. The fourth-order valence-corrected chi connectivity index (χ4v) is 4.53. The molecule has 0 rings (SSSR count). The Kier molecular flexibility index (Phi) is 26.2. The molecule has 1 N–H and O–H groups in total. The van der Waals surface area contributed by atoms with Gasteiger partial charge in [0.2, 0.25) is 0 Å². The van der Waals surface area contributed by atoms with E-state index >= 15 is 0 Å². The fourth-order valence-electron chi connectivity index (χ4n) is 4.53. The van der Waals surface area contributed by atoms with Gasteiger partial charge < -0.3 is 9.84 Å². The molecule has 4 heteroatoms. The first-order valence-electron chi connectivity index (χ1n) is 15.1. The number of carbonyl (C=O) groups excluding carboxylic acids is 1. The van der Waals surface area contributed by atoms with Crippen LogP contribution in [0.15, 0.2) is 12.2 Å². The second kappa shape index (κ2) is 27.3. The number of rotatable bonds is 27. The molecular formula is C31H58O4. The summed E-state index contributed by atoms with van der Waals surface area (Å²) in [5.41, 5.74) is 0. The maximum absolute atomic E-state index is 12.0. The Morgan fingerprint density at radius 1 is 0.629 bits per heavy atom. The summed E-state index contributed by atoms with van der Waals surface area (Å²) in [6.07, 6.45) is 32.1. The maximum atomic E-state index is 12.0. The van der Waals surface area contributed by atoms with Crippen molar-refractivity contribution in [1.29, 1.82) is 0 Å². The maximum Gasteiger partial charge on any atom is 0.309 e. The number of esters is 1. The minimum Gasteiger partial charge on any atom is -0.481 e. The van der Waals surface area contributed by atoms with E-state index in [1.807, 2.05) is 6.92 Å². The first kappa shape index (κ1) is 33.7. The third-order valence-corrected chi connectivity index (χ3v) is 6.77. The SMILES string of the molecule is CCCCCCCCC/C=C/CCCCCCCCCCCCCC(CC(=O)O)C(=O)OCCC. The molecule has 0 aliphatic rings. The number of ether oxygens (including phenoxy) is 1. The number of hydrogen-bond donors (Lipinski definition) is 1. The monoisotopic (exact) mass is 494 g/mol. The molecule has 0 saturated heterocycles. The molecule has 4 nitrogen and oxygen atoms in total. The van der Waals surface area contributed by atoms with Gasteiger partial charge in [0.05, 0.1) is 18.9 Å². The molecule has 0 aromatic heterocycles. The van der Waals surface area contributed by atoms with Crippen LogP contribution in [0.4, 0.5) is 0 Å². The number of allylic oxidation sites excluding steroid dienone is 2. The van der Waals surface area contributed by atoms with Crippen LogP contribution in [0.2, 0.25) is 0 Å². The predicted octanol–water partition coefficient (Wildman–Crippen LogP) is 9.80. The standard InChI is InChI=1S/C31H58O4/c1-3-5-6-7-8-9-10-11-12-13-14-15-16-17-18-19-20-21-22-23-24-25-26-29(28-30(32)33)31(34)35-27-4-2/h12-13,29H,3-11,14-28H2,1-2H3,(H,32,33)/b13-12+. The van der Waals surface area contributed by atoms with Crippen LogP contribution in [0.5, 0.6) is 0 Å². The van der Waals surface area contributed by atoms with Gasteiger partial charge in [-0.3, -0.25) is 9.59 Å². The molecule has 0 amide bonds. The summed E-state index contributed by atoms with van der Waals surface area (Å²) in [5.74, 6) is -1.74. The van der Waals surface area contributed by atoms with Crippen molar-refractivity contribution in [3.63, 3.8) is 0 Å². The Labute approximate surface area is 217 Å². The van der Waals surface area contributed by atoms with Crippen LogP contribution >= 0.6 is 0 Å². The van der Waals surface area contributed by atoms with E-state index in [2.05, 4.69) is 19.1 Å². The molecule has 35 heavy (non-hydrogen) atoms. The van der Waals surface area contributed by atoms with Crippen molar-refractivity contribution in [2.75, 3.05) is 6.61 Å². The summed E-state index contributed by atoms with van der Waals surface area (Å²) >= 11 is 0. The summed E-state index contributed by atoms with van der Waals surface area (Å²) in [5, 5.41) is 9.02. The lowest BCUT2D eigenvalue weighted by Crippen LogP contribution is -2.21. The van der Waals surface area contributed by atoms with E-state index in [0.717, 1.165) is 19.3 Å². The van der Waals surface area contributed by atoms with Crippen LogP contribution in [0.1, 0.15) is 162 Å². The van der Waals surface area contributed by atoms with Gasteiger partial charge in [-0.05, 0) is 38.5 Å². The van der Waals surface area contributed by atoms with Gasteiger partial charge in [0, 0.05) is 0 Å². The Hall–Kier alpha value is -1.32. The van der Waals surface area contributed by atoms with E-state index < -0.39 is 11.9 Å². The molecular weight excluding hydrogens is 436 g/mol. The number of unbranched alkanes of at least 4 members (excludes halogenated alkanes) is 18.